The molecule has 0 aliphatic heterocycles. The van der Waals surface area contributed by atoms with Crippen LogP contribution in [0.5, 0.6) is 17.2 Å². The third kappa shape index (κ3) is 4.84. The number of amides is 1. The topological polar surface area (TPSA) is 99.9 Å². The van der Waals surface area contributed by atoms with Crippen LogP contribution in [0.25, 0.3) is 0 Å². The van der Waals surface area contributed by atoms with Crippen molar-refractivity contribution in [3.05, 3.63) is 52.6 Å². The molecule has 1 N–H and O–H groups in total. The molecule has 132 valence electrons. The number of nitro groups is 1. The number of nitrogens with one attached hydrogen (secondary N) is 1. The number of hydrogen-bond donors (Lipinski definition) is 1. The summed E-state index contributed by atoms with van der Waals surface area (Å²) in [4.78, 5) is 22.6. The Labute approximate surface area is 144 Å². The van der Waals surface area contributed by atoms with E-state index < -0.39 is 10.8 Å². The number of methoxy groups -OCH3 is 2. The second-order valence-corrected chi connectivity index (χ2v) is 4.94. The molecule has 0 aliphatic carbocycles. The van der Waals surface area contributed by atoms with Gasteiger partial charge in [0.15, 0.2) is 11.5 Å². The molecule has 0 fully saturated rings. The summed E-state index contributed by atoms with van der Waals surface area (Å²) in [6.45, 7) is 0.150. The maximum Gasteiger partial charge on any atom is 0.296 e. The zero-order valence-electron chi connectivity index (χ0n) is 13.9. The van der Waals surface area contributed by atoms with Crippen molar-refractivity contribution in [1.82, 2.24) is 0 Å². The van der Waals surface area contributed by atoms with Gasteiger partial charge in [0.25, 0.3) is 5.69 Å². The molecule has 2 aromatic rings. The monoisotopic (exact) mass is 346 g/mol. The number of benzene rings is 2. The van der Waals surface area contributed by atoms with E-state index in [9.17, 15) is 14.9 Å². The number of ether oxygens (including phenoxy) is 3. The van der Waals surface area contributed by atoms with E-state index in [-0.39, 0.29) is 35.9 Å². The fourth-order valence-corrected chi connectivity index (χ4v) is 2.11. The molecular formula is C17H18N2O6. The summed E-state index contributed by atoms with van der Waals surface area (Å²) in [7, 11) is 2.78. The van der Waals surface area contributed by atoms with Crippen molar-refractivity contribution >= 4 is 17.3 Å². The maximum atomic E-state index is 12.0. The molecular weight excluding hydrogens is 328 g/mol. The number of carbonyl (C=O) groups is 1. The highest BCUT2D eigenvalue weighted by atomic mass is 16.6. The van der Waals surface area contributed by atoms with Gasteiger partial charge in [-0.3, -0.25) is 14.9 Å². The van der Waals surface area contributed by atoms with Crippen LogP contribution in [-0.4, -0.2) is 31.7 Å². The Morgan fingerprint density at radius 3 is 2.36 bits per heavy atom. The van der Waals surface area contributed by atoms with E-state index in [1.54, 1.807) is 12.1 Å². The van der Waals surface area contributed by atoms with Crippen LogP contribution < -0.4 is 19.5 Å². The number of nitro benzene ring substituents is 1. The Morgan fingerprint density at radius 1 is 1.12 bits per heavy atom. The molecule has 8 nitrogen and oxygen atoms in total. The van der Waals surface area contributed by atoms with Crippen molar-refractivity contribution in [1.29, 1.82) is 0 Å². The smallest absolute Gasteiger partial charge is 0.296 e. The van der Waals surface area contributed by atoms with E-state index in [1.807, 2.05) is 18.2 Å². The third-order valence-corrected chi connectivity index (χ3v) is 3.31. The van der Waals surface area contributed by atoms with Crippen LogP contribution in [0.4, 0.5) is 11.4 Å². The van der Waals surface area contributed by atoms with Gasteiger partial charge in [-0.05, 0) is 12.1 Å². The van der Waals surface area contributed by atoms with Crippen molar-refractivity contribution in [2.24, 2.45) is 0 Å². The number of anilines is 1. The van der Waals surface area contributed by atoms with Crippen LogP contribution in [0.15, 0.2) is 42.5 Å². The number of carbonyl (C=O) groups excluding carboxylic acids is 1. The van der Waals surface area contributed by atoms with Crippen LogP contribution in [0.3, 0.4) is 0 Å². The minimum atomic E-state index is -0.599. The maximum absolute atomic E-state index is 12.0. The summed E-state index contributed by atoms with van der Waals surface area (Å²) in [6, 6.07) is 11.6. The number of para-hydroxylation sites is 1. The molecule has 0 aliphatic rings. The predicted octanol–water partition coefficient (Wildman–Crippen LogP) is 3.02. The van der Waals surface area contributed by atoms with Gasteiger partial charge in [-0.1, -0.05) is 18.2 Å². The highest BCUT2D eigenvalue weighted by Crippen LogP contribution is 2.37. The summed E-state index contributed by atoms with van der Waals surface area (Å²) in [6.07, 6.45) is 0.0421. The van der Waals surface area contributed by atoms with Crippen molar-refractivity contribution in [3.63, 3.8) is 0 Å². The van der Waals surface area contributed by atoms with Crippen LogP contribution in [0.2, 0.25) is 0 Å². The normalized spacial score (nSPS) is 10.0. The Hall–Kier alpha value is -3.29. The first-order chi connectivity index (χ1) is 12.0. The lowest BCUT2D eigenvalue weighted by molar-refractivity contribution is -0.384. The molecule has 2 rings (SSSR count). The lowest BCUT2D eigenvalue weighted by atomic mass is 10.2. The minimum Gasteiger partial charge on any atom is -0.493 e. The van der Waals surface area contributed by atoms with Gasteiger partial charge in [0.05, 0.1) is 38.2 Å². The first kappa shape index (κ1) is 18.1. The Kier molecular flexibility index (Phi) is 6.16. The van der Waals surface area contributed by atoms with Gasteiger partial charge < -0.3 is 19.5 Å². The van der Waals surface area contributed by atoms with E-state index in [2.05, 4.69) is 5.32 Å². The molecule has 0 bridgehead atoms. The first-order valence-corrected chi connectivity index (χ1v) is 7.43. The van der Waals surface area contributed by atoms with Crippen molar-refractivity contribution in [2.45, 2.75) is 6.42 Å². The van der Waals surface area contributed by atoms with E-state index in [1.165, 1.54) is 26.4 Å². The highest BCUT2D eigenvalue weighted by Gasteiger charge is 2.21. The quantitative estimate of drug-likeness (QED) is 0.582. The van der Waals surface area contributed by atoms with Gasteiger partial charge >= 0.3 is 0 Å². The Morgan fingerprint density at radius 2 is 1.76 bits per heavy atom. The third-order valence-electron chi connectivity index (χ3n) is 3.31. The Balaban J connectivity index is 2.05. The standard InChI is InChI=1S/C17H18N2O6/c1-23-15-10-13(14(19(21)22)11-16(15)24-2)18-17(20)8-9-25-12-6-4-3-5-7-12/h3-7,10-11H,8-9H2,1-2H3,(H,18,20). The SMILES string of the molecule is COc1cc(NC(=O)CCOc2ccccc2)c([N+](=O)[O-])cc1OC. The highest BCUT2D eigenvalue weighted by molar-refractivity contribution is 5.93. The number of nitrogens with zero attached hydrogens (tertiary/aromatic N) is 1. The van der Waals surface area contributed by atoms with E-state index in [0.29, 0.717) is 5.75 Å². The van der Waals surface area contributed by atoms with Gasteiger partial charge in [0.1, 0.15) is 11.4 Å². The van der Waals surface area contributed by atoms with E-state index in [4.69, 9.17) is 14.2 Å². The fourth-order valence-electron chi connectivity index (χ4n) is 2.11. The second kappa shape index (κ2) is 8.53. The summed E-state index contributed by atoms with van der Waals surface area (Å²) < 4.78 is 15.6. The molecule has 0 atom stereocenters. The summed E-state index contributed by atoms with van der Waals surface area (Å²) in [5.74, 6) is 0.724. The lowest BCUT2D eigenvalue weighted by Gasteiger charge is -2.11. The summed E-state index contributed by atoms with van der Waals surface area (Å²) >= 11 is 0. The van der Waals surface area contributed by atoms with Crippen LogP contribution in [-0.2, 0) is 4.79 Å². The molecule has 1 amide bonds. The molecule has 0 saturated carbocycles. The first-order valence-electron chi connectivity index (χ1n) is 7.43. The number of rotatable bonds is 8. The van der Waals surface area contributed by atoms with Crippen molar-refractivity contribution < 1.29 is 23.9 Å². The van der Waals surface area contributed by atoms with Crippen molar-refractivity contribution in [3.8, 4) is 17.2 Å². The zero-order chi connectivity index (χ0) is 18.2. The predicted molar refractivity (Wildman–Crippen MR) is 91.4 cm³/mol. The molecule has 8 heteroatoms. The largest absolute Gasteiger partial charge is 0.493 e. The van der Waals surface area contributed by atoms with E-state index >= 15 is 0 Å². The Bertz CT molecular complexity index is 748. The molecule has 0 saturated heterocycles. The molecule has 2 aromatic carbocycles. The molecule has 0 unspecified atom stereocenters. The average Bonchev–Trinajstić information content (AvgIpc) is 2.62. The van der Waals surface area contributed by atoms with Gasteiger partial charge in [-0.2, -0.15) is 0 Å². The van der Waals surface area contributed by atoms with Gasteiger partial charge in [-0.15, -0.1) is 0 Å². The van der Waals surface area contributed by atoms with Gasteiger partial charge in [-0.25, -0.2) is 0 Å². The minimum absolute atomic E-state index is 0.0346. The molecule has 0 heterocycles. The molecule has 0 spiro atoms. The fraction of sp³-hybridized carbons (Fsp3) is 0.235. The van der Waals surface area contributed by atoms with E-state index in [0.717, 1.165) is 0 Å². The molecule has 25 heavy (non-hydrogen) atoms. The number of hydrogen-bond acceptors (Lipinski definition) is 6. The zero-order valence-corrected chi connectivity index (χ0v) is 13.9. The molecule has 0 radical (unpaired) electrons. The lowest BCUT2D eigenvalue weighted by Crippen LogP contribution is -2.16. The van der Waals surface area contributed by atoms with Gasteiger partial charge in [0.2, 0.25) is 5.91 Å². The van der Waals surface area contributed by atoms with Gasteiger partial charge in [0, 0.05) is 6.07 Å². The van der Waals surface area contributed by atoms with Crippen LogP contribution >= 0.6 is 0 Å². The molecule has 0 aromatic heterocycles. The second-order valence-electron chi connectivity index (χ2n) is 4.94. The summed E-state index contributed by atoms with van der Waals surface area (Å²) in [5, 5.41) is 13.7. The van der Waals surface area contributed by atoms with Crippen LogP contribution in [0.1, 0.15) is 6.42 Å². The summed E-state index contributed by atoms with van der Waals surface area (Å²) in [5.41, 5.74) is -0.248. The average molecular weight is 346 g/mol. The van der Waals surface area contributed by atoms with Crippen molar-refractivity contribution in [2.75, 3.05) is 26.1 Å². The van der Waals surface area contributed by atoms with Crippen LogP contribution in [0, 0.1) is 10.1 Å².